The van der Waals surface area contributed by atoms with Gasteiger partial charge in [-0.2, -0.15) is 0 Å². The highest BCUT2D eigenvalue weighted by Crippen LogP contribution is 2.34. The van der Waals surface area contributed by atoms with Gasteiger partial charge in [0.1, 0.15) is 0 Å². The number of carboxylic acid groups (broad SMARTS) is 1. The Kier molecular flexibility index (Phi) is 4.97. The standard InChI is InChI=1S/C16H23NO2/c1-2-3-15(13-8-10-17-11-9-13)12-4-6-14(7-5-12)16(18)19/h4-7,13,15,17H,2-3,8-11H2,1H3,(H,18,19). The minimum absolute atomic E-state index is 0.379. The van der Waals surface area contributed by atoms with Crippen LogP contribution in [0.5, 0.6) is 0 Å². The molecule has 3 heteroatoms. The van der Waals surface area contributed by atoms with Gasteiger partial charge < -0.3 is 10.4 Å². The first kappa shape index (κ1) is 14.1. The van der Waals surface area contributed by atoms with Crippen molar-refractivity contribution in [3.8, 4) is 0 Å². The molecular weight excluding hydrogens is 238 g/mol. The molecule has 1 aromatic carbocycles. The van der Waals surface area contributed by atoms with E-state index in [4.69, 9.17) is 5.11 Å². The van der Waals surface area contributed by atoms with Crippen molar-refractivity contribution in [2.24, 2.45) is 5.92 Å². The highest BCUT2D eigenvalue weighted by Gasteiger charge is 2.24. The van der Waals surface area contributed by atoms with Gasteiger partial charge in [0.25, 0.3) is 0 Å². The lowest BCUT2D eigenvalue weighted by atomic mass is 9.78. The van der Waals surface area contributed by atoms with E-state index in [1.165, 1.54) is 31.2 Å². The van der Waals surface area contributed by atoms with E-state index in [1.807, 2.05) is 12.1 Å². The van der Waals surface area contributed by atoms with Crippen LogP contribution in [0.15, 0.2) is 24.3 Å². The Labute approximate surface area is 115 Å². The predicted molar refractivity (Wildman–Crippen MR) is 76.6 cm³/mol. The van der Waals surface area contributed by atoms with E-state index in [-0.39, 0.29) is 0 Å². The molecule has 0 aliphatic carbocycles. The SMILES string of the molecule is CCCC(c1ccc(C(=O)O)cc1)C1CCNCC1. The van der Waals surface area contributed by atoms with Crippen molar-refractivity contribution in [3.05, 3.63) is 35.4 Å². The van der Waals surface area contributed by atoms with Crippen LogP contribution in [0.2, 0.25) is 0 Å². The quantitative estimate of drug-likeness (QED) is 0.855. The molecule has 0 aromatic heterocycles. The van der Waals surface area contributed by atoms with Crippen molar-refractivity contribution in [3.63, 3.8) is 0 Å². The Bertz CT molecular complexity index is 407. The van der Waals surface area contributed by atoms with Crippen molar-refractivity contribution in [1.29, 1.82) is 0 Å². The number of nitrogens with one attached hydrogen (secondary N) is 1. The zero-order valence-corrected chi connectivity index (χ0v) is 11.6. The molecular formula is C16H23NO2. The number of carbonyl (C=O) groups is 1. The lowest BCUT2D eigenvalue weighted by Crippen LogP contribution is -2.30. The smallest absolute Gasteiger partial charge is 0.335 e. The predicted octanol–water partition coefficient (Wildman–Crippen LogP) is 3.27. The van der Waals surface area contributed by atoms with Gasteiger partial charge in [-0.1, -0.05) is 25.5 Å². The van der Waals surface area contributed by atoms with Crippen LogP contribution in [-0.2, 0) is 0 Å². The van der Waals surface area contributed by atoms with Gasteiger partial charge in [-0.3, -0.25) is 0 Å². The summed E-state index contributed by atoms with van der Waals surface area (Å²) in [5.41, 5.74) is 1.68. The van der Waals surface area contributed by atoms with Crippen LogP contribution >= 0.6 is 0 Å². The normalized spacial score (nSPS) is 18.2. The van der Waals surface area contributed by atoms with Crippen LogP contribution in [0, 0.1) is 5.92 Å². The number of piperidine rings is 1. The zero-order valence-electron chi connectivity index (χ0n) is 11.6. The molecule has 1 atom stereocenters. The third-order valence-corrected chi connectivity index (χ3v) is 4.14. The van der Waals surface area contributed by atoms with Crippen LogP contribution in [0.4, 0.5) is 0 Å². The van der Waals surface area contributed by atoms with E-state index < -0.39 is 5.97 Å². The molecule has 1 unspecified atom stereocenters. The number of hydrogen-bond acceptors (Lipinski definition) is 2. The van der Waals surface area contributed by atoms with E-state index in [0.717, 1.165) is 19.0 Å². The monoisotopic (exact) mass is 261 g/mol. The molecule has 1 heterocycles. The van der Waals surface area contributed by atoms with Gasteiger partial charge in [0.2, 0.25) is 0 Å². The van der Waals surface area contributed by atoms with Gasteiger partial charge in [0, 0.05) is 0 Å². The molecule has 0 radical (unpaired) electrons. The minimum atomic E-state index is -0.847. The zero-order chi connectivity index (χ0) is 13.7. The summed E-state index contributed by atoms with van der Waals surface area (Å²) >= 11 is 0. The van der Waals surface area contributed by atoms with Crippen molar-refractivity contribution in [1.82, 2.24) is 5.32 Å². The second-order valence-corrected chi connectivity index (χ2v) is 5.41. The van der Waals surface area contributed by atoms with Crippen molar-refractivity contribution in [2.75, 3.05) is 13.1 Å². The minimum Gasteiger partial charge on any atom is -0.478 e. The fourth-order valence-corrected chi connectivity index (χ4v) is 3.11. The largest absolute Gasteiger partial charge is 0.478 e. The summed E-state index contributed by atoms with van der Waals surface area (Å²) in [6, 6.07) is 7.49. The number of benzene rings is 1. The molecule has 19 heavy (non-hydrogen) atoms. The van der Waals surface area contributed by atoms with Crippen LogP contribution in [0.25, 0.3) is 0 Å². The lowest BCUT2D eigenvalue weighted by molar-refractivity contribution is 0.0697. The number of hydrogen-bond donors (Lipinski definition) is 2. The van der Waals surface area contributed by atoms with Gasteiger partial charge in [0.15, 0.2) is 0 Å². The topological polar surface area (TPSA) is 49.3 Å². The summed E-state index contributed by atoms with van der Waals surface area (Å²) in [7, 11) is 0. The van der Waals surface area contributed by atoms with Crippen LogP contribution in [0.1, 0.15) is 54.4 Å². The maximum atomic E-state index is 10.9. The number of carboxylic acids is 1. The lowest BCUT2D eigenvalue weighted by Gasteiger charge is -2.31. The van der Waals surface area contributed by atoms with Crippen molar-refractivity contribution >= 4 is 5.97 Å². The Morgan fingerprint density at radius 1 is 1.32 bits per heavy atom. The van der Waals surface area contributed by atoms with E-state index in [9.17, 15) is 4.79 Å². The summed E-state index contributed by atoms with van der Waals surface area (Å²) in [4.78, 5) is 10.9. The first-order valence-corrected chi connectivity index (χ1v) is 7.26. The summed E-state index contributed by atoms with van der Waals surface area (Å²) in [5.74, 6) is 0.465. The molecule has 1 saturated heterocycles. The van der Waals surface area contributed by atoms with Gasteiger partial charge in [-0.25, -0.2) is 4.79 Å². The average Bonchev–Trinajstić information content (AvgIpc) is 2.46. The first-order chi connectivity index (χ1) is 9.22. The molecule has 0 saturated carbocycles. The second kappa shape index (κ2) is 6.71. The number of rotatable bonds is 5. The Hall–Kier alpha value is -1.35. The fourth-order valence-electron chi connectivity index (χ4n) is 3.11. The Morgan fingerprint density at radius 3 is 2.47 bits per heavy atom. The van der Waals surface area contributed by atoms with Gasteiger partial charge in [-0.05, 0) is 61.9 Å². The molecule has 2 N–H and O–H groups in total. The van der Waals surface area contributed by atoms with E-state index in [0.29, 0.717) is 11.5 Å². The van der Waals surface area contributed by atoms with Gasteiger partial charge in [0.05, 0.1) is 5.56 Å². The number of aromatic carboxylic acids is 1. The maximum Gasteiger partial charge on any atom is 0.335 e. The summed E-state index contributed by atoms with van der Waals surface area (Å²) < 4.78 is 0. The average molecular weight is 261 g/mol. The molecule has 0 bridgehead atoms. The van der Waals surface area contributed by atoms with Crippen molar-refractivity contribution in [2.45, 2.75) is 38.5 Å². The van der Waals surface area contributed by atoms with Crippen molar-refractivity contribution < 1.29 is 9.90 Å². The first-order valence-electron chi connectivity index (χ1n) is 7.26. The molecule has 1 aliphatic heterocycles. The van der Waals surface area contributed by atoms with Gasteiger partial charge in [-0.15, -0.1) is 0 Å². The third-order valence-electron chi connectivity index (χ3n) is 4.14. The second-order valence-electron chi connectivity index (χ2n) is 5.41. The summed E-state index contributed by atoms with van der Waals surface area (Å²) in [6.45, 7) is 4.44. The highest BCUT2D eigenvalue weighted by molar-refractivity contribution is 5.87. The van der Waals surface area contributed by atoms with Crippen LogP contribution in [-0.4, -0.2) is 24.2 Å². The van der Waals surface area contributed by atoms with Crippen LogP contribution in [0.3, 0.4) is 0 Å². The molecule has 2 rings (SSSR count). The molecule has 0 spiro atoms. The van der Waals surface area contributed by atoms with E-state index in [1.54, 1.807) is 12.1 Å². The molecule has 3 nitrogen and oxygen atoms in total. The molecule has 0 amide bonds. The van der Waals surface area contributed by atoms with Crippen LogP contribution < -0.4 is 5.32 Å². The molecule has 1 fully saturated rings. The van der Waals surface area contributed by atoms with Gasteiger partial charge >= 0.3 is 5.97 Å². The Morgan fingerprint density at radius 2 is 1.95 bits per heavy atom. The maximum absolute atomic E-state index is 10.9. The van der Waals surface area contributed by atoms with E-state index in [2.05, 4.69) is 12.2 Å². The highest BCUT2D eigenvalue weighted by atomic mass is 16.4. The fraction of sp³-hybridized carbons (Fsp3) is 0.562. The molecule has 1 aliphatic rings. The summed E-state index contributed by atoms with van der Waals surface area (Å²) in [6.07, 6.45) is 4.82. The third kappa shape index (κ3) is 3.57. The van der Waals surface area contributed by atoms with E-state index >= 15 is 0 Å². The molecule has 104 valence electrons. The summed E-state index contributed by atoms with van der Waals surface area (Å²) in [5, 5.41) is 12.4. The Balaban J connectivity index is 2.15. The molecule has 1 aromatic rings.